The maximum atomic E-state index is 2.63. The zero-order valence-electron chi connectivity index (χ0n) is 15.0. The van der Waals surface area contributed by atoms with Gasteiger partial charge in [-0.15, -0.1) is 0 Å². The van der Waals surface area contributed by atoms with Gasteiger partial charge in [-0.05, 0) is 14.1 Å². The van der Waals surface area contributed by atoms with E-state index >= 15 is 0 Å². The van der Waals surface area contributed by atoms with Crippen molar-refractivity contribution < 1.29 is 0 Å². The highest BCUT2D eigenvalue weighted by Crippen LogP contribution is 2.08. The van der Waals surface area contributed by atoms with Crippen LogP contribution in [0.1, 0.15) is 0 Å². The molecule has 2 nitrogen and oxygen atoms in total. The molecule has 6 heteroatoms. The first-order valence-electron chi connectivity index (χ1n) is 7.17. The second-order valence-corrected chi connectivity index (χ2v) is 24.8. The van der Waals surface area contributed by atoms with E-state index in [9.17, 15) is 0 Å². The maximum Gasteiger partial charge on any atom is 0.111 e. The lowest BCUT2D eigenvalue weighted by molar-refractivity contribution is 0.783. The summed E-state index contributed by atoms with van der Waals surface area (Å²) in [7, 11) is 1.72. The molecule has 0 fully saturated rings. The Bertz CT molecular complexity index is 195. The molecule has 0 aliphatic rings. The average molecular weight is 323 g/mol. The Balaban J connectivity index is 0. The minimum Gasteiger partial charge on any atom is -0.351 e. The van der Waals surface area contributed by atoms with Crippen LogP contribution in [-0.4, -0.2) is 56.9 Å². The van der Waals surface area contributed by atoms with Crippen LogP contribution in [0.5, 0.6) is 0 Å². The van der Waals surface area contributed by atoms with Gasteiger partial charge in [0.25, 0.3) is 0 Å². The number of hydrogen-bond donors (Lipinski definition) is 0. The molecule has 0 aliphatic carbocycles. The Morgan fingerprint density at radius 1 is 0.556 bits per heavy atom. The van der Waals surface area contributed by atoms with E-state index in [1.165, 1.54) is 0 Å². The summed E-state index contributed by atoms with van der Waals surface area (Å²) in [6.45, 7) is 24.0. The van der Waals surface area contributed by atoms with Gasteiger partial charge in [0.15, 0.2) is 0 Å². The standard InChI is InChI=1S/2C6H19NSi2/c2*1-7(8(2)3)9(4,5)6/h2*8H,1-6H3. The van der Waals surface area contributed by atoms with Crippen LogP contribution in [0, 0.1) is 0 Å². The first-order valence-corrected chi connectivity index (χ1v) is 19.7. The van der Waals surface area contributed by atoms with Crippen LogP contribution in [0.4, 0.5) is 0 Å². The fourth-order valence-corrected chi connectivity index (χ4v) is 13.9. The van der Waals surface area contributed by atoms with Crippen molar-refractivity contribution in [1.29, 1.82) is 0 Å². The number of hydrogen-bond acceptors (Lipinski definition) is 2. The van der Waals surface area contributed by atoms with E-state index < -0.39 is 34.4 Å². The molecule has 0 heterocycles. The van der Waals surface area contributed by atoms with E-state index in [1.54, 1.807) is 0 Å². The second kappa shape index (κ2) is 8.16. The minimum atomic E-state index is -0.929. The van der Waals surface area contributed by atoms with Gasteiger partial charge in [0.1, 0.15) is 16.5 Å². The molecule has 0 spiro atoms. The van der Waals surface area contributed by atoms with Crippen LogP contribution in [0.15, 0.2) is 0 Å². The molecule has 0 aromatic heterocycles. The van der Waals surface area contributed by atoms with Gasteiger partial charge < -0.3 is 8.46 Å². The van der Waals surface area contributed by atoms with Crippen molar-refractivity contribution in [3.05, 3.63) is 0 Å². The van der Waals surface area contributed by atoms with Crippen molar-refractivity contribution in [2.75, 3.05) is 14.1 Å². The molecule has 0 rings (SSSR count). The Kier molecular flexibility index (Phi) is 9.56. The second-order valence-electron chi connectivity index (χ2n) is 7.75. The lowest BCUT2D eigenvalue weighted by atomic mass is 11.6. The fraction of sp³-hybridized carbons (Fsp3) is 1.00. The third-order valence-electron chi connectivity index (χ3n) is 3.67. The zero-order chi connectivity index (χ0) is 15.3. The van der Waals surface area contributed by atoms with E-state index in [4.69, 9.17) is 0 Å². The maximum absolute atomic E-state index is 2.63. The van der Waals surface area contributed by atoms with E-state index in [0.717, 1.165) is 0 Å². The van der Waals surface area contributed by atoms with Crippen molar-refractivity contribution in [1.82, 2.24) is 8.46 Å². The van der Waals surface area contributed by atoms with Crippen LogP contribution >= 0.6 is 0 Å². The quantitative estimate of drug-likeness (QED) is 0.731. The summed E-state index contributed by atoms with van der Waals surface area (Å²) in [6.07, 6.45) is 0. The molecular formula is C12H38N2Si4. The molecule has 112 valence electrons. The van der Waals surface area contributed by atoms with E-state index in [1.807, 2.05) is 0 Å². The summed E-state index contributed by atoms with van der Waals surface area (Å²) in [5.41, 5.74) is 0. The Morgan fingerprint density at radius 3 is 0.722 bits per heavy atom. The average Bonchev–Trinajstić information content (AvgIpc) is 2.13. The molecular weight excluding hydrogens is 284 g/mol. The summed E-state index contributed by atoms with van der Waals surface area (Å²) < 4.78 is 5.26. The molecule has 0 N–H and O–H groups in total. The molecule has 0 saturated heterocycles. The summed E-state index contributed by atoms with van der Waals surface area (Å²) >= 11 is 0. The molecule has 0 atom stereocenters. The molecule has 0 aromatic rings. The predicted molar refractivity (Wildman–Crippen MR) is 100.0 cm³/mol. The van der Waals surface area contributed by atoms with Crippen LogP contribution in [0.25, 0.3) is 0 Å². The summed E-state index contributed by atoms with van der Waals surface area (Å²) in [4.78, 5) is 0. The lowest BCUT2D eigenvalue weighted by Crippen LogP contribution is -2.49. The van der Waals surface area contributed by atoms with Gasteiger partial charge in [0.2, 0.25) is 0 Å². The first-order chi connectivity index (χ1) is 7.71. The number of nitrogens with zero attached hydrogens (tertiary/aromatic N) is 2. The van der Waals surface area contributed by atoms with E-state index in [0.29, 0.717) is 0 Å². The zero-order valence-corrected chi connectivity index (χ0v) is 19.4. The van der Waals surface area contributed by atoms with Crippen molar-refractivity contribution in [3.8, 4) is 0 Å². The van der Waals surface area contributed by atoms with Crippen LogP contribution in [0.3, 0.4) is 0 Å². The summed E-state index contributed by atoms with van der Waals surface area (Å²) in [6, 6.07) is 0. The molecule has 0 bridgehead atoms. The third-order valence-corrected chi connectivity index (χ3v) is 18.7. The lowest BCUT2D eigenvalue weighted by Gasteiger charge is -2.33. The Labute approximate surface area is 122 Å². The highest BCUT2D eigenvalue weighted by molar-refractivity contribution is 6.82. The van der Waals surface area contributed by atoms with E-state index in [2.05, 4.69) is 88.0 Å². The van der Waals surface area contributed by atoms with Gasteiger partial charge >= 0.3 is 0 Å². The van der Waals surface area contributed by atoms with Crippen LogP contribution in [0.2, 0.25) is 65.5 Å². The van der Waals surface area contributed by atoms with Crippen molar-refractivity contribution in [2.24, 2.45) is 0 Å². The Hall–Kier alpha value is 0.788. The number of rotatable bonds is 4. The summed E-state index contributed by atoms with van der Waals surface area (Å²) in [5.74, 6) is 0. The summed E-state index contributed by atoms with van der Waals surface area (Å²) in [5, 5.41) is 0. The predicted octanol–water partition coefficient (Wildman–Crippen LogP) is 3.47. The minimum absolute atomic E-state index is 0.495. The van der Waals surface area contributed by atoms with Gasteiger partial charge in [-0.2, -0.15) is 0 Å². The highest BCUT2D eigenvalue weighted by atomic mass is 28.4. The van der Waals surface area contributed by atoms with Gasteiger partial charge in [0.05, 0.1) is 17.9 Å². The van der Waals surface area contributed by atoms with Gasteiger partial charge in [-0.1, -0.05) is 65.5 Å². The third kappa shape index (κ3) is 9.68. The molecule has 0 unspecified atom stereocenters. The Morgan fingerprint density at radius 2 is 0.722 bits per heavy atom. The first kappa shape index (κ1) is 21.1. The molecule has 18 heavy (non-hydrogen) atoms. The van der Waals surface area contributed by atoms with Crippen molar-refractivity contribution in [3.63, 3.8) is 0 Å². The molecule has 0 radical (unpaired) electrons. The topological polar surface area (TPSA) is 6.48 Å². The fourth-order valence-electron chi connectivity index (χ4n) is 1.55. The molecule has 0 aromatic carbocycles. The smallest absolute Gasteiger partial charge is 0.111 e. The van der Waals surface area contributed by atoms with Crippen molar-refractivity contribution >= 4 is 34.4 Å². The van der Waals surface area contributed by atoms with Gasteiger partial charge in [-0.25, -0.2) is 0 Å². The van der Waals surface area contributed by atoms with Gasteiger partial charge in [0, 0.05) is 0 Å². The molecule has 0 saturated carbocycles. The van der Waals surface area contributed by atoms with Crippen molar-refractivity contribution in [2.45, 2.75) is 65.5 Å². The van der Waals surface area contributed by atoms with Gasteiger partial charge in [-0.3, -0.25) is 0 Å². The molecule has 0 aliphatic heterocycles. The van der Waals surface area contributed by atoms with Crippen LogP contribution < -0.4 is 0 Å². The molecule has 0 amide bonds. The normalized spacial score (nSPS) is 13.3. The van der Waals surface area contributed by atoms with Crippen LogP contribution in [-0.2, 0) is 0 Å². The monoisotopic (exact) mass is 322 g/mol. The SMILES string of the molecule is CN([SiH](C)C)[Si](C)(C)C.CN([SiH](C)C)[Si](C)(C)C. The highest BCUT2D eigenvalue weighted by Gasteiger charge is 2.22. The van der Waals surface area contributed by atoms with E-state index in [-0.39, 0.29) is 0 Å². The largest absolute Gasteiger partial charge is 0.351 e.